The first-order valence-corrected chi connectivity index (χ1v) is 12.7. The fourth-order valence-electron chi connectivity index (χ4n) is 4.28. The monoisotopic (exact) mass is 516 g/mol. The van der Waals surface area contributed by atoms with Crippen molar-refractivity contribution in [1.29, 1.82) is 0 Å². The molecule has 4 heteroatoms. The van der Waals surface area contributed by atoms with Crippen LogP contribution < -0.4 is 4.74 Å². The van der Waals surface area contributed by atoms with Crippen LogP contribution in [-0.4, -0.2) is 25.6 Å². The third-order valence-electron chi connectivity index (χ3n) is 6.08. The van der Waals surface area contributed by atoms with E-state index in [0.29, 0.717) is 41.0 Å². The minimum absolute atomic E-state index is 0.234. The Bertz CT molecular complexity index is 542. The summed E-state index contributed by atoms with van der Waals surface area (Å²) in [5, 5.41) is 0. The third kappa shape index (κ3) is 9.14. The molecular formula is C25H41IO3. The quantitative estimate of drug-likeness (QED) is 0.124. The summed E-state index contributed by atoms with van der Waals surface area (Å²) in [5.74, 6) is 2.65. The van der Waals surface area contributed by atoms with E-state index in [1.165, 1.54) is 37.7 Å². The Labute approximate surface area is 192 Å². The normalized spacial score (nSPS) is 17.8. The van der Waals surface area contributed by atoms with Crippen molar-refractivity contribution in [2.45, 2.75) is 89.5 Å². The second-order valence-corrected chi connectivity index (χ2v) is 11.0. The Morgan fingerprint density at radius 1 is 0.897 bits per heavy atom. The van der Waals surface area contributed by atoms with Crippen LogP contribution in [0.3, 0.4) is 0 Å². The van der Waals surface area contributed by atoms with E-state index >= 15 is 0 Å². The van der Waals surface area contributed by atoms with Gasteiger partial charge in [-0.1, -0.05) is 81.7 Å². The average molecular weight is 517 g/mol. The van der Waals surface area contributed by atoms with E-state index in [-0.39, 0.29) is 6.29 Å². The first kappa shape index (κ1) is 24.9. The molecule has 0 radical (unpaired) electrons. The minimum Gasteiger partial charge on any atom is -0.465 e. The maximum Gasteiger partial charge on any atom is 0.200 e. The van der Waals surface area contributed by atoms with Gasteiger partial charge in [-0.3, -0.25) is 0 Å². The van der Waals surface area contributed by atoms with Gasteiger partial charge in [0.15, 0.2) is 6.29 Å². The highest BCUT2D eigenvalue weighted by Gasteiger charge is 2.24. The lowest BCUT2D eigenvalue weighted by atomic mass is 9.83. The number of alkyl halides is 1. The zero-order valence-electron chi connectivity index (χ0n) is 19.0. The van der Waals surface area contributed by atoms with Gasteiger partial charge in [0.25, 0.3) is 0 Å². The molecule has 1 aliphatic carbocycles. The summed E-state index contributed by atoms with van der Waals surface area (Å²) in [7, 11) is 0. The van der Waals surface area contributed by atoms with Gasteiger partial charge in [0, 0.05) is 10.3 Å². The first-order chi connectivity index (χ1) is 13.9. The van der Waals surface area contributed by atoms with Gasteiger partial charge in [-0.25, -0.2) is 0 Å². The highest BCUT2D eigenvalue weighted by Crippen LogP contribution is 2.29. The Kier molecular flexibility index (Phi) is 11.3. The SMILES string of the molecule is CC(I)c1ccc(OC(CC(C(C)C)C(C)C)OCCOC2CCCCC2)cc1. The molecule has 0 spiro atoms. The van der Waals surface area contributed by atoms with E-state index in [1.807, 2.05) is 0 Å². The van der Waals surface area contributed by atoms with Crippen LogP contribution in [0.15, 0.2) is 24.3 Å². The van der Waals surface area contributed by atoms with E-state index in [9.17, 15) is 0 Å². The van der Waals surface area contributed by atoms with Crippen LogP contribution in [0.5, 0.6) is 5.75 Å². The Hall–Kier alpha value is -0.330. The number of benzene rings is 1. The molecule has 0 bridgehead atoms. The van der Waals surface area contributed by atoms with Crippen molar-refractivity contribution in [2.75, 3.05) is 13.2 Å². The van der Waals surface area contributed by atoms with Crippen molar-refractivity contribution in [2.24, 2.45) is 17.8 Å². The number of rotatable bonds is 12. The maximum atomic E-state index is 6.29. The Balaban J connectivity index is 1.92. The molecule has 1 aromatic rings. The van der Waals surface area contributed by atoms with Gasteiger partial charge in [-0.05, 0) is 55.2 Å². The van der Waals surface area contributed by atoms with Gasteiger partial charge in [-0.2, -0.15) is 0 Å². The third-order valence-corrected chi connectivity index (χ3v) is 6.80. The largest absolute Gasteiger partial charge is 0.465 e. The standard InChI is InChI=1S/C25H41IO3/c1-18(2)24(19(3)4)17-25(28-16-15-27-22-9-7-6-8-10-22)29-23-13-11-21(12-14-23)20(5)26/h11-14,18-20,22,24-25H,6-10,15-17H2,1-5H3. The van der Waals surface area contributed by atoms with Crippen molar-refractivity contribution in [3.05, 3.63) is 29.8 Å². The lowest BCUT2D eigenvalue weighted by Crippen LogP contribution is -2.30. The summed E-state index contributed by atoms with van der Waals surface area (Å²) >= 11 is 2.44. The zero-order chi connectivity index (χ0) is 21.2. The molecule has 1 aromatic carbocycles. The smallest absolute Gasteiger partial charge is 0.200 e. The van der Waals surface area contributed by atoms with E-state index in [2.05, 4.69) is 81.5 Å². The summed E-state index contributed by atoms with van der Waals surface area (Å²) in [5.41, 5.74) is 1.32. The second-order valence-electron chi connectivity index (χ2n) is 9.12. The molecule has 2 unspecified atom stereocenters. The maximum absolute atomic E-state index is 6.29. The van der Waals surface area contributed by atoms with Gasteiger partial charge in [0.1, 0.15) is 5.75 Å². The van der Waals surface area contributed by atoms with E-state index in [1.54, 1.807) is 0 Å². The van der Waals surface area contributed by atoms with Crippen LogP contribution >= 0.6 is 22.6 Å². The molecule has 0 saturated heterocycles. The van der Waals surface area contributed by atoms with E-state index < -0.39 is 0 Å². The first-order valence-electron chi connectivity index (χ1n) is 11.5. The lowest BCUT2D eigenvalue weighted by molar-refractivity contribution is -0.118. The van der Waals surface area contributed by atoms with Crippen molar-refractivity contribution >= 4 is 22.6 Å². The molecule has 0 heterocycles. The molecular weight excluding hydrogens is 475 g/mol. The van der Waals surface area contributed by atoms with Crippen LogP contribution in [0.25, 0.3) is 0 Å². The van der Waals surface area contributed by atoms with E-state index in [4.69, 9.17) is 14.2 Å². The average Bonchev–Trinajstić information content (AvgIpc) is 2.69. The highest BCUT2D eigenvalue weighted by atomic mass is 127. The highest BCUT2D eigenvalue weighted by molar-refractivity contribution is 14.1. The lowest BCUT2D eigenvalue weighted by Gasteiger charge is -2.30. The van der Waals surface area contributed by atoms with Crippen LogP contribution in [0.1, 0.15) is 82.6 Å². The molecule has 2 rings (SSSR count). The molecule has 3 nitrogen and oxygen atoms in total. The van der Waals surface area contributed by atoms with Gasteiger partial charge in [0.05, 0.1) is 19.3 Å². The fraction of sp³-hybridized carbons (Fsp3) is 0.760. The summed E-state index contributed by atoms with van der Waals surface area (Å²) in [6, 6.07) is 8.44. The minimum atomic E-state index is -0.234. The number of hydrogen-bond donors (Lipinski definition) is 0. The van der Waals surface area contributed by atoms with Crippen LogP contribution in [0.4, 0.5) is 0 Å². The van der Waals surface area contributed by atoms with Crippen LogP contribution in [0.2, 0.25) is 0 Å². The van der Waals surface area contributed by atoms with Gasteiger partial charge in [0.2, 0.25) is 0 Å². The molecule has 2 atom stereocenters. The molecule has 166 valence electrons. The van der Waals surface area contributed by atoms with Gasteiger partial charge >= 0.3 is 0 Å². The molecule has 1 aliphatic rings. The van der Waals surface area contributed by atoms with Crippen molar-refractivity contribution in [3.8, 4) is 5.75 Å². The van der Waals surface area contributed by atoms with Crippen molar-refractivity contribution in [3.63, 3.8) is 0 Å². The summed E-state index contributed by atoms with van der Waals surface area (Å²) in [6.07, 6.45) is 7.45. The molecule has 29 heavy (non-hydrogen) atoms. The fourth-order valence-corrected chi connectivity index (χ4v) is 4.69. The summed E-state index contributed by atoms with van der Waals surface area (Å²) in [6.45, 7) is 12.6. The molecule has 1 fully saturated rings. The van der Waals surface area contributed by atoms with Crippen molar-refractivity contribution in [1.82, 2.24) is 0 Å². The van der Waals surface area contributed by atoms with Crippen molar-refractivity contribution < 1.29 is 14.2 Å². The Morgan fingerprint density at radius 3 is 2.07 bits per heavy atom. The number of halogens is 1. The summed E-state index contributed by atoms with van der Waals surface area (Å²) in [4.78, 5) is 0. The predicted octanol–water partition coefficient (Wildman–Crippen LogP) is 7.57. The van der Waals surface area contributed by atoms with Gasteiger partial charge in [-0.15, -0.1) is 0 Å². The molecule has 0 N–H and O–H groups in total. The van der Waals surface area contributed by atoms with E-state index in [0.717, 1.165) is 12.2 Å². The van der Waals surface area contributed by atoms with Crippen LogP contribution in [0, 0.1) is 17.8 Å². The molecule has 0 aromatic heterocycles. The summed E-state index contributed by atoms with van der Waals surface area (Å²) < 4.78 is 19.0. The predicted molar refractivity (Wildman–Crippen MR) is 130 cm³/mol. The molecule has 1 saturated carbocycles. The van der Waals surface area contributed by atoms with Crippen LogP contribution in [-0.2, 0) is 9.47 Å². The second kappa shape index (κ2) is 13.2. The zero-order valence-corrected chi connectivity index (χ0v) is 21.2. The number of hydrogen-bond acceptors (Lipinski definition) is 3. The van der Waals surface area contributed by atoms with Gasteiger partial charge < -0.3 is 14.2 Å². The Morgan fingerprint density at radius 2 is 1.52 bits per heavy atom. The molecule has 0 aliphatic heterocycles. The topological polar surface area (TPSA) is 27.7 Å². The number of ether oxygens (including phenoxy) is 3. The molecule has 0 amide bonds.